The van der Waals surface area contributed by atoms with Gasteiger partial charge in [0.25, 0.3) is 0 Å². The topological polar surface area (TPSA) is 39.7 Å². The van der Waals surface area contributed by atoms with Gasteiger partial charge in [0.15, 0.2) is 5.96 Å². The Morgan fingerprint density at radius 1 is 1.42 bits per heavy atom. The normalized spacial score (nSPS) is 21.2. The van der Waals surface area contributed by atoms with Gasteiger partial charge in [-0.2, -0.15) is 0 Å². The van der Waals surface area contributed by atoms with E-state index >= 15 is 0 Å². The Kier molecular flexibility index (Phi) is 8.30. The molecule has 4 heteroatoms. The Labute approximate surface area is 118 Å². The molecule has 1 atom stereocenters. The fraction of sp³-hybridized carbons (Fsp3) is 0.800. The molecule has 0 aromatic rings. The summed E-state index contributed by atoms with van der Waals surface area (Å²) in [5.41, 5.74) is 0. The van der Waals surface area contributed by atoms with E-state index in [0.29, 0.717) is 0 Å². The molecule has 0 aromatic carbocycles. The number of hydrogen-bond donors (Lipinski definition) is 2. The maximum absolute atomic E-state index is 4.58. The van der Waals surface area contributed by atoms with Gasteiger partial charge in [-0.05, 0) is 39.7 Å². The molecule has 19 heavy (non-hydrogen) atoms. The SMILES string of the molecule is C=CCNC(=NCCCN1CCCCC1C)NCC. The lowest BCUT2D eigenvalue weighted by Gasteiger charge is -2.33. The van der Waals surface area contributed by atoms with Crippen molar-refractivity contribution in [3.63, 3.8) is 0 Å². The standard InChI is InChI=1S/C15H30N4/c1-4-10-17-15(16-5-2)18-11-8-13-19-12-7-6-9-14(19)3/h4,14H,1,5-13H2,2-3H3,(H2,16,17,18). The smallest absolute Gasteiger partial charge is 0.191 e. The van der Waals surface area contributed by atoms with E-state index in [1.54, 1.807) is 0 Å². The molecular weight excluding hydrogens is 236 g/mol. The highest BCUT2D eigenvalue weighted by atomic mass is 15.2. The summed E-state index contributed by atoms with van der Waals surface area (Å²) in [7, 11) is 0. The monoisotopic (exact) mass is 266 g/mol. The second-order valence-electron chi connectivity index (χ2n) is 5.16. The van der Waals surface area contributed by atoms with Gasteiger partial charge in [0.2, 0.25) is 0 Å². The molecule has 1 saturated heterocycles. The molecule has 0 radical (unpaired) electrons. The average Bonchev–Trinajstić information content (AvgIpc) is 2.42. The summed E-state index contributed by atoms with van der Waals surface area (Å²) < 4.78 is 0. The van der Waals surface area contributed by atoms with Gasteiger partial charge in [0, 0.05) is 32.2 Å². The molecule has 4 nitrogen and oxygen atoms in total. The minimum absolute atomic E-state index is 0.754. The van der Waals surface area contributed by atoms with Gasteiger partial charge in [-0.1, -0.05) is 12.5 Å². The molecule has 1 rings (SSSR count). The molecule has 0 aliphatic carbocycles. The van der Waals surface area contributed by atoms with Crippen LogP contribution in [0.5, 0.6) is 0 Å². The summed E-state index contributed by atoms with van der Waals surface area (Å²) in [6.07, 6.45) is 7.09. The van der Waals surface area contributed by atoms with Gasteiger partial charge in [-0.3, -0.25) is 4.99 Å². The molecule has 1 heterocycles. The molecule has 1 unspecified atom stereocenters. The van der Waals surface area contributed by atoms with E-state index < -0.39 is 0 Å². The Balaban J connectivity index is 2.23. The number of guanidine groups is 1. The molecule has 0 saturated carbocycles. The third-order valence-corrected chi connectivity index (χ3v) is 3.57. The van der Waals surface area contributed by atoms with Crippen LogP contribution in [0.25, 0.3) is 0 Å². The second kappa shape index (κ2) is 9.84. The van der Waals surface area contributed by atoms with Crippen molar-refractivity contribution < 1.29 is 0 Å². The fourth-order valence-electron chi connectivity index (χ4n) is 2.47. The number of hydrogen-bond acceptors (Lipinski definition) is 2. The van der Waals surface area contributed by atoms with Crippen molar-refractivity contribution in [2.75, 3.05) is 32.7 Å². The first-order valence-electron chi connectivity index (χ1n) is 7.65. The predicted octanol–water partition coefficient (Wildman–Crippen LogP) is 1.99. The molecule has 0 bridgehead atoms. The number of nitrogens with zero attached hydrogens (tertiary/aromatic N) is 2. The lowest BCUT2D eigenvalue weighted by atomic mass is 10.0. The van der Waals surface area contributed by atoms with E-state index in [0.717, 1.165) is 38.1 Å². The van der Waals surface area contributed by atoms with E-state index in [9.17, 15) is 0 Å². The van der Waals surface area contributed by atoms with Gasteiger partial charge in [-0.25, -0.2) is 0 Å². The largest absolute Gasteiger partial charge is 0.357 e. The highest BCUT2D eigenvalue weighted by Crippen LogP contribution is 2.16. The van der Waals surface area contributed by atoms with Crippen LogP contribution in [-0.4, -0.2) is 49.6 Å². The summed E-state index contributed by atoms with van der Waals surface area (Å²) in [6.45, 7) is 13.1. The Hall–Kier alpha value is -1.03. The van der Waals surface area contributed by atoms with Crippen LogP contribution in [0.4, 0.5) is 0 Å². The van der Waals surface area contributed by atoms with Crippen molar-refractivity contribution in [2.24, 2.45) is 4.99 Å². The summed E-state index contributed by atoms with van der Waals surface area (Å²) >= 11 is 0. The van der Waals surface area contributed by atoms with Crippen LogP contribution in [-0.2, 0) is 0 Å². The molecule has 2 N–H and O–H groups in total. The molecule has 0 amide bonds. The zero-order valence-electron chi connectivity index (χ0n) is 12.6. The zero-order valence-corrected chi connectivity index (χ0v) is 12.6. The van der Waals surface area contributed by atoms with E-state index in [1.807, 2.05) is 6.08 Å². The van der Waals surface area contributed by atoms with Crippen LogP contribution >= 0.6 is 0 Å². The number of rotatable bonds is 7. The Bertz CT molecular complexity index is 275. The predicted molar refractivity (Wildman–Crippen MR) is 83.7 cm³/mol. The molecule has 0 aromatic heterocycles. The van der Waals surface area contributed by atoms with Crippen LogP contribution in [0.2, 0.25) is 0 Å². The minimum Gasteiger partial charge on any atom is -0.357 e. The average molecular weight is 266 g/mol. The van der Waals surface area contributed by atoms with E-state index in [-0.39, 0.29) is 0 Å². The van der Waals surface area contributed by atoms with Crippen molar-refractivity contribution in [1.29, 1.82) is 0 Å². The highest BCUT2D eigenvalue weighted by Gasteiger charge is 2.16. The third kappa shape index (κ3) is 6.62. The summed E-state index contributed by atoms with van der Waals surface area (Å²) in [4.78, 5) is 7.18. The van der Waals surface area contributed by atoms with Crippen LogP contribution in [0.15, 0.2) is 17.6 Å². The number of likely N-dealkylation sites (tertiary alicyclic amines) is 1. The fourth-order valence-corrected chi connectivity index (χ4v) is 2.47. The number of aliphatic imine (C=N–C) groups is 1. The van der Waals surface area contributed by atoms with Crippen molar-refractivity contribution >= 4 is 5.96 Å². The van der Waals surface area contributed by atoms with E-state index in [4.69, 9.17) is 0 Å². The number of nitrogens with one attached hydrogen (secondary N) is 2. The van der Waals surface area contributed by atoms with Crippen LogP contribution < -0.4 is 10.6 Å². The summed E-state index contributed by atoms with van der Waals surface area (Å²) in [5.74, 6) is 0.897. The Morgan fingerprint density at radius 2 is 2.26 bits per heavy atom. The van der Waals surface area contributed by atoms with Crippen molar-refractivity contribution in [3.8, 4) is 0 Å². The molecule has 1 aliphatic heterocycles. The van der Waals surface area contributed by atoms with Crippen LogP contribution in [0.3, 0.4) is 0 Å². The summed E-state index contributed by atoms with van der Waals surface area (Å²) in [6, 6.07) is 0.754. The summed E-state index contributed by atoms with van der Waals surface area (Å²) in [5, 5.41) is 6.47. The first-order chi connectivity index (χ1) is 9.27. The van der Waals surface area contributed by atoms with Gasteiger partial charge < -0.3 is 15.5 Å². The van der Waals surface area contributed by atoms with E-state index in [2.05, 4.69) is 41.0 Å². The zero-order chi connectivity index (χ0) is 13.9. The first kappa shape index (κ1) is 16.0. The quantitative estimate of drug-likeness (QED) is 0.320. The minimum atomic E-state index is 0.754. The maximum Gasteiger partial charge on any atom is 0.191 e. The van der Waals surface area contributed by atoms with Gasteiger partial charge in [0.05, 0.1) is 0 Å². The molecular formula is C15H30N4. The number of piperidine rings is 1. The second-order valence-corrected chi connectivity index (χ2v) is 5.16. The van der Waals surface area contributed by atoms with Crippen molar-refractivity contribution in [1.82, 2.24) is 15.5 Å². The molecule has 110 valence electrons. The lowest BCUT2D eigenvalue weighted by molar-refractivity contribution is 0.160. The highest BCUT2D eigenvalue weighted by molar-refractivity contribution is 5.79. The molecule has 1 fully saturated rings. The van der Waals surface area contributed by atoms with Crippen molar-refractivity contribution in [3.05, 3.63) is 12.7 Å². The maximum atomic E-state index is 4.58. The Morgan fingerprint density at radius 3 is 2.95 bits per heavy atom. The van der Waals surface area contributed by atoms with E-state index in [1.165, 1.54) is 32.4 Å². The van der Waals surface area contributed by atoms with Gasteiger partial charge in [0.1, 0.15) is 0 Å². The third-order valence-electron chi connectivity index (χ3n) is 3.57. The van der Waals surface area contributed by atoms with Gasteiger partial charge >= 0.3 is 0 Å². The lowest BCUT2D eigenvalue weighted by Crippen LogP contribution is -2.39. The van der Waals surface area contributed by atoms with Gasteiger partial charge in [-0.15, -0.1) is 6.58 Å². The molecule has 0 spiro atoms. The van der Waals surface area contributed by atoms with Crippen molar-refractivity contribution in [2.45, 2.75) is 45.6 Å². The first-order valence-corrected chi connectivity index (χ1v) is 7.65. The molecule has 1 aliphatic rings. The van der Waals surface area contributed by atoms with Crippen LogP contribution in [0, 0.1) is 0 Å². The van der Waals surface area contributed by atoms with Crippen LogP contribution in [0.1, 0.15) is 39.5 Å².